The van der Waals surface area contributed by atoms with Crippen molar-refractivity contribution >= 4 is 10.5 Å². The van der Waals surface area contributed by atoms with Gasteiger partial charge < -0.3 is 0 Å². The number of allylic oxidation sites excluding steroid dienone is 3. The molecule has 1 aliphatic heterocycles. The highest BCUT2D eigenvalue weighted by atomic mass is 32.2. The van der Waals surface area contributed by atoms with Crippen LogP contribution in [0.4, 0.5) is 0 Å². The second kappa shape index (κ2) is 3.00. The van der Waals surface area contributed by atoms with E-state index < -0.39 is 10.5 Å². The summed E-state index contributed by atoms with van der Waals surface area (Å²) in [4.78, 5) is 0. The van der Waals surface area contributed by atoms with E-state index in [4.69, 9.17) is 0 Å². The third-order valence-electron chi connectivity index (χ3n) is 1.61. The van der Waals surface area contributed by atoms with Gasteiger partial charge in [-0.25, -0.2) is 0 Å². The molecule has 0 aromatic carbocycles. The first-order valence-corrected chi connectivity index (χ1v) is 4.40. The highest BCUT2D eigenvalue weighted by Crippen LogP contribution is 2.08. The monoisotopic (exact) mass is 172 g/mol. The van der Waals surface area contributed by atoms with Crippen molar-refractivity contribution in [3.8, 4) is 0 Å². The first-order valence-electron chi connectivity index (χ1n) is 3.36. The molecule has 0 spiro atoms. The van der Waals surface area contributed by atoms with Crippen LogP contribution in [0.15, 0.2) is 23.9 Å². The lowest BCUT2D eigenvalue weighted by Crippen LogP contribution is -2.20. The lowest BCUT2D eigenvalue weighted by molar-refractivity contribution is -0.478. The average Bonchev–Trinajstić information content (AvgIpc) is 1.85. The summed E-state index contributed by atoms with van der Waals surface area (Å²) in [6, 6.07) is -0.0571. The van der Waals surface area contributed by atoms with E-state index in [0.717, 1.165) is 5.70 Å². The Morgan fingerprint density at radius 1 is 1.55 bits per heavy atom. The van der Waals surface area contributed by atoms with Crippen molar-refractivity contribution < 1.29 is 12.4 Å². The molecule has 0 N–H and O–H groups in total. The maximum atomic E-state index is 10.6. The van der Waals surface area contributed by atoms with Gasteiger partial charge in [0.2, 0.25) is 0 Å². The van der Waals surface area contributed by atoms with Crippen molar-refractivity contribution in [1.82, 2.24) is 0 Å². The molecule has 0 bridgehead atoms. The van der Waals surface area contributed by atoms with Crippen molar-refractivity contribution in [3.63, 3.8) is 0 Å². The summed E-state index contributed by atoms with van der Waals surface area (Å²) in [6.07, 6.45) is 5.47. The average molecular weight is 172 g/mol. The lowest BCUT2D eigenvalue weighted by Gasteiger charge is -2.04. The van der Waals surface area contributed by atoms with E-state index in [1.807, 2.05) is 19.1 Å². The van der Waals surface area contributed by atoms with Gasteiger partial charge in [0.05, 0.1) is 0 Å². The molecule has 0 amide bonds. The summed E-state index contributed by atoms with van der Waals surface area (Å²) in [5.74, 6) is 0. The van der Waals surface area contributed by atoms with Gasteiger partial charge in [0, 0.05) is 19.9 Å². The third-order valence-corrected chi connectivity index (χ3v) is 2.55. The highest BCUT2D eigenvalue weighted by Gasteiger charge is 2.20. The molecule has 0 aromatic rings. The molecular weight excluding hydrogens is 162 g/mol. The largest absolute Gasteiger partial charge is 0.465 e. The molecule has 11 heavy (non-hydrogen) atoms. The number of rotatable bonds is 0. The number of hydrogen-bond donors (Lipinski definition) is 0. The molecule has 0 saturated heterocycles. The predicted molar refractivity (Wildman–Crippen MR) is 41.5 cm³/mol. The molecule has 0 aliphatic carbocycles. The summed E-state index contributed by atoms with van der Waals surface area (Å²) < 4.78 is 22.6. The van der Waals surface area contributed by atoms with E-state index in [1.54, 1.807) is 13.0 Å². The minimum Gasteiger partial charge on any atom is -0.122 e. The molecule has 0 fully saturated rings. The summed E-state index contributed by atoms with van der Waals surface area (Å²) in [6.45, 7) is 3.61. The van der Waals surface area contributed by atoms with Crippen LogP contribution in [0.25, 0.3) is 0 Å². The number of hydrogen-bond acceptors (Lipinski definition) is 2. The van der Waals surface area contributed by atoms with E-state index in [-0.39, 0.29) is 6.04 Å². The molecule has 0 radical (unpaired) electrons. The van der Waals surface area contributed by atoms with E-state index in [1.165, 1.54) is 3.95 Å². The molecule has 0 aromatic heterocycles. The fourth-order valence-electron chi connectivity index (χ4n) is 1.08. The second-order valence-electron chi connectivity index (χ2n) is 2.48. The smallest absolute Gasteiger partial charge is 0.122 e. The van der Waals surface area contributed by atoms with Crippen LogP contribution in [0, 0.1) is 0 Å². The van der Waals surface area contributed by atoms with E-state index in [9.17, 15) is 8.42 Å². The SMILES string of the molecule is CC1=CC=CC(C)[N+]1=S(=O)=O. The van der Waals surface area contributed by atoms with Gasteiger partial charge >= 0.3 is 10.5 Å². The van der Waals surface area contributed by atoms with Gasteiger partial charge in [-0.1, -0.05) is 10.0 Å². The van der Waals surface area contributed by atoms with Crippen molar-refractivity contribution in [2.24, 2.45) is 0 Å². The summed E-state index contributed by atoms with van der Waals surface area (Å²) in [5, 5.41) is 0. The van der Waals surface area contributed by atoms with Crippen molar-refractivity contribution in [1.29, 1.82) is 0 Å². The molecule has 1 rings (SSSR count). The number of nitrogens with zero attached hydrogens (tertiary/aromatic N) is 1. The van der Waals surface area contributed by atoms with Crippen LogP contribution in [-0.2, 0) is 10.5 Å². The van der Waals surface area contributed by atoms with Crippen molar-refractivity contribution in [2.45, 2.75) is 19.9 Å². The normalized spacial score (nSPS) is 23.3. The van der Waals surface area contributed by atoms with Crippen LogP contribution in [0.3, 0.4) is 0 Å². The Hall–Kier alpha value is -0.900. The molecular formula is C7H10NO2S+. The quantitative estimate of drug-likeness (QED) is 0.509. The molecule has 60 valence electrons. The van der Waals surface area contributed by atoms with Crippen LogP contribution in [0.2, 0.25) is 0 Å². The summed E-state index contributed by atoms with van der Waals surface area (Å²) >= 11 is 0. The molecule has 1 aliphatic rings. The fourth-order valence-corrected chi connectivity index (χ4v) is 1.72. The van der Waals surface area contributed by atoms with Gasteiger partial charge in [0.25, 0.3) is 0 Å². The van der Waals surface area contributed by atoms with Crippen LogP contribution >= 0.6 is 0 Å². The molecule has 1 atom stereocenters. The van der Waals surface area contributed by atoms with Gasteiger partial charge in [0.15, 0.2) is 11.7 Å². The Morgan fingerprint density at radius 2 is 2.18 bits per heavy atom. The Labute approximate surface area is 67.3 Å². The molecule has 0 saturated carbocycles. The molecule has 4 heteroatoms. The Morgan fingerprint density at radius 3 is 2.55 bits per heavy atom. The maximum Gasteiger partial charge on any atom is 0.465 e. The van der Waals surface area contributed by atoms with Crippen LogP contribution in [-0.4, -0.2) is 18.4 Å². The molecule has 1 heterocycles. The standard InChI is InChI=1S/C7H10NO2S/c1-6-4-3-5-7(2)8(6)11(9)10/h3-6H,1-2H3/q+1. The third kappa shape index (κ3) is 1.57. The minimum absolute atomic E-state index is 0.0571. The molecule has 1 unspecified atom stereocenters. The Bertz CT molecular complexity index is 341. The Kier molecular flexibility index (Phi) is 2.24. The summed E-state index contributed by atoms with van der Waals surface area (Å²) in [7, 11) is -2.15. The second-order valence-corrected chi connectivity index (χ2v) is 3.30. The van der Waals surface area contributed by atoms with Crippen molar-refractivity contribution in [3.05, 3.63) is 23.9 Å². The van der Waals surface area contributed by atoms with Gasteiger partial charge in [-0.15, -0.1) is 8.42 Å². The van der Waals surface area contributed by atoms with Crippen molar-refractivity contribution in [2.75, 3.05) is 0 Å². The van der Waals surface area contributed by atoms with Crippen LogP contribution in [0.5, 0.6) is 0 Å². The predicted octanol–water partition coefficient (Wildman–Crippen LogP) is 0.924. The maximum absolute atomic E-state index is 10.6. The summed E-state index contributed by atoms with van der Waals surface area (Å²) in [5.41, 5.74) is 0.758. The van der Waals surface area contributed by atoms with Gasteiger partial charge in [-0.05, 0) is 6.08 Å². The van der Waals surface area contributed by atoms with Gasteiger partial charge in [0.1, 0.15) is 0 Å². The first-order chi connectivity index (χ1) is 5.13. The van der Waals surface area contributed by atoms with Crippen LogP contribution < -0.4 is 0 Å². The van der Waals surface area contributed by atoms with Gasteiger partial charge in [-0.3, -0.25) is 0 Å². The minimum atomic E-state index is -2.15. The zero-order valence-electron chi connectivity index (χ0n) is 6.48. The zero-order chi connectivity index (χ0) is 8.43. The topological polar surface area (TPSA) is 37.1 Å². The Balaban J connectivity index is 3.28. The lowest BCUT2D eigenvalue weighted by atomic mass is 10.2. The van der Waals surface area contributed by atoms with E-state index in [0.29, 0.717) is 0 Å². The fraction of sp³-hybridized carbons (Fsp3) is 0.429. The zero-order valence-corrected chi connectivity index (χ0v) is 7.30. The van der Waals surface area contributed by atoms with Gasteiger partial charge in [-0.2, -0.15) is 0 Å². The molecule has 3 nitrogen and oxygen atoms in total. The van der Waals surface area contributed by atoms with E-state index >= 15 is 0 Å². The van der Waals surface area contributed by atoms with Crippen LogP contribution in [0.1, 0.15) is 13.8 Å². The van der Waals surface area contributed by atoms with E-state index in [2.05, 4.69) is 0 Å². The highest BCUT2D eigenvalue weighted by molar-refractivity contribution is 7.59. The first kappa shape index (κ1) is 8.20.